The molecule has 0 N–H and O–H groups in total. The van der Waals surface area contributed by atoms with Gasteiger partial charge in [0.05, 0.1) is 4.92 Å². The van der Waals surface area contributed by atoms with Gasteiger partial charge < -0.3 is 0 Å². The lowest BCUT2D eigenvalue weighted by Crippen LogP contribution is -1.94. The summed E-state index contributed by atoms with van der Waals surface area (Å²) in [5.74, 6) is 0. The van der Waals surface area contributed by atoms with Crippen molar-refractivity contribution in [2.75, 3.05) is 0 Å². The van der Waals surface area contributed by atoms with E-state index in [9.17, 15) is 10.1 Å². The highest BCUT2D eigenvalue weighted by Gasteiger charge is 2.16. The molecule has 4 nitrogen and oxygen atoms in total. The number of nitro benzene ring substituents is 1. The molecule has 13 heavy (non-hydrogen) atoms. The molecule has 5 heteroatoms. The topological polar surface area (TPSA) is 66.9 Å². The predicted octanol–water partition coefficient (Wildman–Crippen LogP) is 2.43. The van der Waals surface area contributed by atoms with E-state index in [-0.39, 0.29) is 16.3 Å². The van der Waals surface area contributed by atoms with E-state index < -0.39 is 4.92 Å². The monoisotopic (exact) mass is 196 g/mol. The molecule has 0 fully saturated rings. The van der Waals surface area contributed by atoms with E-state index >= 15 is 0 Å². The Labute approximate surface area is 79.5 Å². The van der Waals surface area contributed by atoms with Crippen LogP contribution in [-0.2, 0) is 0 Å². The van der Waals surface area contributed by atoms with E-state index in [0.717, 1.165) is 0 Å². The summed E-state index contributed by atoms with van der Waals surface area (Å²) >= 11 is 5.61. The maximum atomic E-state index is 10.5. The van der Waals surface area contributed by atoms with E-state index in [2.05, 4.69) is 0 Å². The van der Waals surface area contributed by atoms with Gasteiger partial charge in [-0.15, -0.1) is 0 Å². The van der Waals surface area contributed by atoms with Gasteiger partial charge in [0.2, 0.25) is 0 Å². The first-order valence-corrected chi connectivity index (χ1v) is 3.78. The summed E-state index contributed by atoms with van der Waals surface area (Å²) in [6.45, 7) is 1.61. The number of nitrogens with zero attached hydrogens (tertiary/aromatic N) is 2. The third kappa shape index (κ3) is 1.76. The molecule has 0 aromatic heterocycles. The molecule has 66 valence electrons. The van der Waals surface area contributed by atoms with E-state index in [1.54, 1.807) is 13.0 Å². The van der Waals surface area contributed by atoms with Gasteiger partial charge in [-0.05, 0) is 18.6 Å². The fourth-order valence-corrected chi connectivity index (χ4v) is 1.28. The summed E-state index contributed by atoms with van der Waals surface area (Å²) in [6, 6.07) is 4.47. The largest absolute Gasteiger partial charge is 0.288 e. The van der Waals surface area contributed by atoms with Crippen LogP contribution in [0.5, 0.6) is 0 Å². The molecular formula is C8H5ClN2O2. The fraction of sp³-hybridized carbons (Fsp3) is 0.125. The van der Waals surface area contributed by atoms with Crippen molar-refractivity contribution in [1.29, 1.82) is 5.26 Å². The summed E-state index contributed by atoms with van der Waals surface area (Å²) < 4.78 is 0. The summed E-state index contributed by atoms with van der Waals surface area (Å²) in [5.41, 5.74) is 0.337. The normalized spacial score (nSPS) is 9.31. The van der Waals surface area contributed by atoms with Gasteiger partial charge in [-0.25, -0.2) is 0 Å². The number of hydrogen-bond acceptors (Lipinski definition) is 3. The summed E-state index contributed by atoms with van der Waals surface area (Å²) in [7, 11) is 0. The molecule has 0 aliphatic heterocycles. The zero-order chi connectivity index (χ0) is 10.0. The number of hydrogen-bond donors (Lipinski definition) is 0. The average molecular weight is 197 g/mol. The van der Waals surface area contributed by atoms with E-state index in [1.807, 2.05) is 0 Å². The lowest BCUT2D eigenvalue weighted by molar-refractivity contribution is -0.385. The number of benzene rings is 1. The summed E-state index contributed by atoms with van der Waals surface area (Å²) in [5, 5.41) is 19.4. The van der Waals surface area contributed by atoms with Gasteiger partial charge in [-0.2, -0.15) is 5.26 Å². The van der Waals surface area contributed by atoms with Crippen molar-refractivity contribution in [3.63, 3.8) is 0 Å². The van der Waals surface area contributed by atoms with E-state index in [4.69, 9.17) is 16.9 Å². The average Bonchev–Trinajstić information content (AvgIpc) is 2.02. The van der Waals surface area contributed by atoms with Crippen LogP contribution in [0.4, 0.5) is 5.69 Å². The highest BCUT2D eigenvalue weighted by molar-refractivity contribution is 6.30. The van der Waals surface area contributed by atoms with Crippen LogP contribution >= 0.6 is 11.6 Å². The second-order valence-electron chi connectivity index (χ2n) is 2.49. The van der Waals surface area contributed by atoms with Crippen LogP contribution < -0.4 is 0 Å². The van der Waals surface area contributed by atoms with Gasteiger partial charge in [0.1, 0.15) is 11.6 Å². The number of rotatable bonds is 1. The van der Waals surface area contributed by atoms with Crippen LogP contribution in [0.25, 0.3) is 0 Å². The van der Waals surface area contributed by atoms with Crippen molar-refractivity contribution in [2.24, 2.45) is 0 Å². The Morgan fingerprint density at radius 3 is 2.69 bits per heavy atom. The zero-order valence-corrected chi connectivity index (χ0v) is 7.50. The number of aryl methyl sites for hydroxylation is 1. The molecule has 0 bridgehead atoms. The molecule has 0 radical (unpaired) electrons. The predicted molar refractivity (Wildman–Crippen MR) is 47.6 cm³/mol. The first kappa shape index (κ1) is 9.49. The number of nitro groups is 1. The maximum absolute atomic E-state index is 10.5. The number of nitriles is 1. The first-order chi connectivity index (χ1) is 6.06. The van der Waals surface area contributed by atoms with Crippen LogP contribution in [0.15, 0.2) is 12.1 Å². The van der Waals surface area contributed by atoms with Crippen molar-refractivity contribution < 1.29 is 4.92 Å². The van der Waals surface area contributed by atoms with Crippen molar-refractivity contribution in [3.05, 3.63) is 38.4 Å². The molecular weight excluding hydrogens is 192 g/mol. The summed E-state index contributed by atoms with van der Waals surface area (Å²) in [4.78, 5) is 9.87. The van der Waals surface area contributed by atoms with Gasteiger partial charge in [-0.3, -0.25) is 10.1 Å². The second-order valence-corrected chi connectivity index (χ2v) is 2.92. The molecule has 0 amide bonds. The zero-order valence-electron chi connectivity index (χ0n) is 6.74. The minimum absolute atomic E-state index is 0.0643. The molecule has 1 rings (SSSR count). The van der Waals surface area contributed by atoms with Gasteiger partial charge >= 0.3 is 0 Å². The standard InChI is InChI=1S/C8H5ClN2O2/c1-5-2-6(9)3-8(11(12)13)7(5)4-10/h2-3H,1H3. The third-order valence-electron chi connectivity index (χ3n) is 1.59. The summed E-state index contributed by atoms with van der Waals surface area (Å²) in [6.07, 6.45) is 0. The Morgan fingerprint density at radius 2 is 2.23 bits per heavy atom. The SMILES string of the molecule is Cc1cc(Cl)cc([N+](=O)[O-])c1C#N. The molecule has 0 atom stereocenters. The van der Waals surface area contributed by atoms with Gasteiger partial charge in [0.25, 0.3) is 5.69 Å². The van der Waals surface area contributed by atoms with E-state index in [1.165, 1.54) is 12.1 Å². The van der Waals surface area contributed by atoms with Crippen molar-refractivity contribution in [3.8, 4) is 6.07 Å². The van der Waals surface area contributed by atoms with Crippen LogP contribution in [0.2, 0.25) is 5.02 Å². The quantitative estimate of drug-likeness (QED) is 0.512. The van der Waals surface area contributed by atoms with Crippen LogP contribution in [0.1, 0.15) is 11.1 Å². The Balaban J connectivity index is 3.50. The van der Waals surface area contributed by atoms with Crippen molar-refractivity contribution >= 4 is 17.3 Å². The fourth-order valence-electron chi connectivity index (χ4n) is 1.01. The first-order valence-electron chi connectivity index (χ1n) is 3.41. The maximum Gasteiger partial charge on any atom is 0.288 e. The lowest BCUT2D eigenvalue weighted by Gasteiger charge is -1.99. The van der Waals surface area contributed by atoms with Gasteiger partial charge in [-0.1, -0.05) is 11.6 Å². The minimum Gasteiger partial charge on any atom is -0.258 e. The van der Waals surface area contributed by atoms with E-state index in [0.29, 0.717) is 5.56 Å². The third-order valence-corrected chi connectivity index (χ3v) is 1.81. The second kappa shape index (κ2) is 3.42. The highest BCUT2D eigenvalue weighted by atomic mass is 35.5. The molecule has 0 aliphatic rings. The van der Waals surface area contributed by atoms with Crippen LogP contribution in [0, 0.1) is 28.4 Å². The molecule has 1 aromatic carbocycles. The van der Waals surface area contributed by atoms with Gasteiger partial charge in [0.15, 0.2) is 0 Å². The van der Waals surface area contributed by atoms with Crippen LogP contribution in [0.3, 0.4) is 0 Å². The van der Waals surface area contributed by atoms with Crippen molar-refractivity contribution in [2.45, 2.75) is 6.92 Å². The molecule has 0 spiro atoms. The highest BCUT2D eigenvalue weighted by Crippen LogP contribution is 2.25. The molecule has 0 aliphatic carbocycles. The Hall–Kier alpha value is -1.60. The lowest BCUT2D eigenvalue weighted by atomic mass is 10.1. The number of halogens is 1. The molecule has 0 saturated heterocycles. The van der Waals surface area contributed by atoms with Gasteiger partial charge in [0, 0.05) is 11.1 Å². The Bertz CT molecular complexity index is 409. The van der Waals surface area contributed by atoms with Crippen molar-refractivity contribution in [1.82, 2.24) is 0 Å². The smallest absolute Gasteiger partial charge is 0.258 e. The van der Waals surface area contributed by atoms with Crippen LogP contribution in [-0.4, -0.2) is 4.92 Å². The minimum atomic E-state index is -0.614. The Morgan fingerprint density at radius 1 is 1.62 bits per heavy atom. The molecule has 0 heterocycles. The Kier molecular flexibility index (Phi) is 2.49. The molecule has 1 aromatic rings. The molecule has 0 saturated carbocycles. The molecule has 0 unspecified atom stereocenters.